The first-order valence-electron chi connectivity index (χ1n) is 6.02. The summed E-state index contributed by atoms with van der Waals surface area (Å²) in [6.07, 6.45) is 1.96. The first-order valence-corrected chi connectivity index (χ1v) is 6.02. The van der Waals surface area contributed by atoms with E-state index in [1.165, 1.54) is 4.90 Å². The number of rotatable bonds is 4. The van der Waals surface area contributed by atoms with Crippen LogP contribution in [0.4, 0.5) is 4.79 Å². The molecule has 0 aliphatic carbocycles. The molecule has 0 radical (unpaired) electrons. The van der Waals surface area contributed by atoms with Gasteiger partial charge in [0.25, 0.3) is 0 Å². The first kappa shape index (κ1) is 14.6. The predicted octanol–water partition coefficient (Wildman–Crippen LogP) is 1.78. The molecule has 0 bridgehead atoms. The molecule has 5 heteroatoms. The highest BCUT2D eigenvalue weighted by molar-refractivity contribution is 5.68. The third-order valence-corrected chi connectivity index (χ3v) is 2.56. The van der Waals surface area contributed by atoms with Crippen LogP contribution in [0, 0.1) is 0 Å². The van der Waals surface area contributed by atoms with E-state index in [0.717, 1.165) is 5.69 Å². The van der Waals surface area contributed by atoms with E-state index in [2.05, 4.69) is 4.98 Å². The van der Waals surface area contributed by atoms with Gasteiger partial charge in [0.2, 0.25) is 0 Å². The van der Waals surface area contributed by atoms with Gasteiger partial charge in [-0.3, -0.25) is 0 Å². The Kier molecular flexibility index (Phi) is 4.78. The summed E-state index contributed by atoms with van der Waals surface area (Å²) in [5.41, 5.74) is 0.446. The van der Waals surface area contributed by atoms with Crippen LogP contribution >= 0.6 is 0 Å². The van der Waals surface area contributed by atoms with Crippen LogP contribution in [0.2, 0.25) is 0 Å². The van der Waals surface area contributed by atoms with Gasteiger partial charge in [-0.05, 0) is 32.9 Å². The van der Waals surface area contributed by atoms with Gasteiger partial charge in [-0.25, -0.2) is 4.79 Å². The molecule has 1 heterocycles. The lowest BCUT2D eigenvalue weighted by Crippen LogP contribution is -2.43. The van der Waals surface area contributed by atoms with Crippen molar-refractivity contribution in [3.05, 3.63) is 24.0 Å². The van der Waals surface area contributed by atoms with Crippen LogP contribution in [-0.4, -0.2) is 46.4 Å². The van der Waals surface area contributed by atoms with Gasteiger partial charge in [0, 0.05) is 25.4 Å². The van der Waals surface area contributed by atoms with Crippen molar-refractivity contribution in [3.63, 3.8) is 0 Å². The average Bonchev–Trinajstić information content (AvgIpc) is 2.75. The molecule has 1 unspecified atom stereocenters. The average molecular weight is 254 g/mol. The number of H-pyrrole nitrogens is 1. The molecule has 1 amide bonds. The van der Waals surface area contributed by atoms with Crippen LogP contribution in [0.25, 0.3) is 0 Å². The minimum absolute atomic E-state index is 0.102. The number of hydrogen-bond donors (Lipinski definition) is 2. The summed E-state index contributed by atoms with van der Waals surface area (Å²) < 4.78 is 5.27. The van der Waals surface area contributed by atoms with Gasteiger partial charge in [-0.2, -0.15) is 0 Å². The Balaban J connectivity index is 2.61. The van der Waals surface area contributed by atoms with Crippen LogP contribution < -0.4 is 0 Å². The van der Waals surface area contributed by atoms with E-state index in [4.69, 9.17) is 4.74 Å². The number of likely N-dealkylation sites (N-methyl/N-ethyl adjacent to an activating group) is 1. The second kappa shape index (κ2) is 5.91. The van der Waals surface area contributed by atoms with E-state index in [9.17, 15) is 9.90 Å². The second-order valence-corrected chi connectivity index (χ2v) is 5.33. The molecule has 5 nitrogen and oxygen atoms in total. The normalized spacial score (nSPS) is 13.2. The fraction of sp³-hybridized carbons (Fsp3) is 0.615. The number of ether oxygens (including phenoxy) is 1. The lowest BCUT2D eigenvalue weighted by atomic mass is 10.1. The topological polar surface area (TPSA) is 65.6 Å². The smallest absolute Gasteiger partial charge is 0.410 e. The lowest BCUT2D eigenvalue weighted by Gasteiger charge is -2.29. The second-order valence-electron chi connectivity index (χ2n) is 5.33. The van der Waals surface area contributed by atoms with Crippen LogP contribution in [0.1, 0.15) is 26.5 Å². The van der Waals surface area contributed by atoms with E-state index in [1.54, 1.807) is 7.05 Å². The van der Waals surface area contributed by atoms with Crippen molar-refractivity contribution >= 4 is 6.09 Å². The Morgan fingerprint density at radius 3 is 2.67 bits per heavy atom. The summed E-state index contributed by atoms with van der Waals surface area (Å²) in [5, 5.41) is 9.38. The van der Waals surface area contributed by atoms with E-state index in [1.807, 2.05) is 39.1 Å². The fourth-order valence-electron chi connectivity index (χ4n) is 1.56. The zero-order valence-electron chi connectivity index (χ0n) is 11.4. The molecule has 0 aliphatic rings. The highest BCUT2D eigenvalue weighted by Crippen LogP contribution is 2.12. The van der Waals surface area contributed by atoms with Gasteiger partial charge >= 0.3 is 6.09 Å². The number of carbonyl (C=O) groups excluding carboxylic acids is 1. The Morgan fingerprint density at radius 1 is 1.56 bits per heavy atom. The number of nitrogens with zero attached hydrogens (tertiary/aromatic N) is 1. The summed E-state index contributed by atoms with van der Waals surface area (Å²) in [4.78, 5) is 16.4. The molecule has 18 heavy (non-hydrogen) atoms. The third kappa shape index (κ3) is 4.41. The van der Waals surface area contributed by atoms with Gasteiger partial charge < -0.3 is 19.7 Å². The summed E-state index contributed by atoms with van der Waals surface area (Å²) in [7, 11) is 1.64. The number of hydrogen-bond acceptors (Lipinski definition) is 3. The van der Waals surface area contributed by atoms with E-state index in [0.29, 0.717) is 6.42 Å². The van der Waals surface area contributed by atoms with Crippen LogP contribution in [0.3, 0.4) is 0 Å². The number of aliphatic hydroxyl groups is 1. The number of carbonyl (C=O) groups is 1. The van der Waals surface area contributed by atoms with Gasteiger partial charge in [-0.1, -0.05) is 0 Å². The standard InChI is InChI=1S/C13H22N2O3/c1-13(2,3)18-12(17)15(4)11(9-16)8-10-6-5-7-14-10/h5-7,11,14,16H,8-9H2,1-4H3. The molecular weight excluding hydrogens is 232 g/mol. The molecule has 0 saturated heterocycles. The molecule has 2 N–H and O–H groups in total. The molecule has 0 fully saturated rings. The van der Waals surface area contributed by atoms with E-state index < -0.39 is 11.7 Å². The molecule has 102 valence electrons. The summed E-state index contributed by atoms with van der Waals surface area (Å²) in [5.74, 6) is 0. The Labute approximate surface area is 108 Å². The maximum atomic E-state index is 11.9. The highest BCUT2D eigenvalue weighted by Gasteiger charge is 2.25. The molecular formula is C13H22N2O3. The fourth-order valence-corrected chi connectivity index (χ4v) is 1.56. The molecule has 1 aromatic rings. The number of amides is 1. The summed E-state index contributed by atoms with van der Waals surface area (Å²) in [6, 6.07) is 3.52. The predicted molar refractivity (Wildman–Crippen MR) is 69.4 cm³/mol. The zero-order chi connectivity index (χ0) is 13.8. The monoisotopic (exact) mass is 254 g/mol. The number of aliphatic hydroxyl groups excluding tert-OH is 1. The van der Waals surface area contributed by atoms with Crippen molar-refractivity contribution in [3.8, 4) is 0 Å². The van der Waals surface area contributed by atoms with Crippen molar-refractivity contribution in [2.45, 2.75) is 38.8 Å². The molecule has 1 aromatic heterocycles. The first-order chi connectivity index (χ1) is 8.33. The Hall–Kier alpha value is -1.49. The van der Waals surface area contributed by atoms with Crippen molar-refractivity contribution in [1.29, 1.82) is 0 Å². The van der Waals surface area contributed by atoms with E-state index >= 15 is 0 Å². The lowest BCUT2D eigenvalue weighted by molar-refractivity contribution is 0.0162. The molecule has 0 aromatic carbocycles. The minimum atomic E-state index is -0.530. The van der Waals surface area contributed by atoms with Crippen LogP contribution in [-0.2, 0) is 11.2 Å². The third-order valence-electron chi connectivity index (χ3n) is 2.56. The molecule has 0 spiro atoms. The van der Waals surface area contributed by atoms with Crippen LogP contribution in [0.5, 0.6) is 0 Å². The van der Waals surface area contributed by atoms with Crippen molar-refractivity contribution in [2.24, 2.45) is 0 Å². The number of aromatic nitrogens is 1. The number of aromatic amines is 1. The zero-order valence-corrected chi connectivity index (χ0v) is 11.4. The van der Waals surface area contributed by atoms with Crippen molar-refractivity contribution < 1.29 is 14.6 Å². The van der Waals surface area contributed by atoms with Crippen molar-refractivity contribution in [1.82, 2.24) is 9.88 Å². The SMILES string of the molecule is CN(C(=O)OC(C)(C)C)C(CO)Cc1ccc[nH]1. The highest BCUT2D eigenvalue weighted by atomic mass is 16.6. The molecule has 1 atom stereocenters. The minimum Gasteiger partial charge on any atom is -0.444 e. The quantitative estimate of drug-likeness (QED) is 0.860. The van der Waals surface area contributed by atoms with Gasteiger partial charge in [0.1, 0.15) is 5.60 Å². The van der Waals surface area contributed by atoms with Gasteiger partial charge in [0.05, 0.1) is 12.6 Å². The Bertz CT molecular complexity index is 368. The van der Waals surface area contributed by atoms with Gasteiger partial charge in [0.15, 0.2) is 0 Å². The van der Waals surface area contributed by atoms with Gasteiger partial charge in [-0.15, -0.1) is 0 Å². The van der Waals surface area contributed by atoms with Crippen molar-refractivity contribution in [2.75, 3.05) is 13.7 Å². The van der Waals surface area contributed by atoms with Crippen LogP contribution in [0.15, 0.2) is 18.3 Å². The molecule has 1 rings (SSSR count). The van der Waals surface area contributed by atoms with E-state index in [-0.39, 0.29) is 12.6 Å². The molecule has 0 saturated carbocycles. The summed E-state index contributed by atoms with van der Waals surface area (Å²) in [6.45, 7) is 5.35. The molecule has 0 aliphatic heterocycles. The largest absolute Gasteiger partial charge is 0.444 e. The maximum Gasteiger partial charge on any atom is 0.410 e. The maximum absolute atomic E-state index is 11.9. The number of nitrogens with one attached hydrogen (secondary N) is 1. The summed E-state index contributed by atoms with van der Waals surface area (Å²) >= 11 is 0. The Morgan fingerprint density at radius 2 is 2.22 bits per heavy atom.